The summed E-state index contributed by atoms with van der Waals surface area (Å²) in [5.74, 6) is 0. The maximum atomic E-state index is 3.67. The molecule has 118 valence electrons. The topological polar surface area (TPSA) is 15.3 Å². The van der Waals surface area contributed by atoms with E-state index in [9.17, 15) is 0 Å². The van der Waals surface area contributed by atoms with Gasteiger partial charge in [-0.2, -0.15) is 0 Å². The smallest absolute Gasteiger partial charge is 0.0386 e. The molecule has 2 fully saturated rings. The predicted octanol–water partition coefficient (Wildman–Crippen LogP) is 4.45. The van der Waals surface area contributed by atoms with E-state index in [0.29, 0.717) is 6.04 Å². The van der Waals surface area contributed by atoms with Crippen molar-refractivity contribution in [3.63, 3.8) is 0 Å². The second-order valence-corrected chi connectivity index (χ2v) is 8.07. The standard InChI is InChI=1S/C18H30N2S/c1-16(17-6-5-15-21-17)19-11-14-20-12-9-18(10-13-20)7-3-2-4-8-18/h5-6,15-16,19H,2-4,7-14H2,1H3. The maximum Gasteiger partial charge on any atom is 0.0386 e. The highest BCUT2D eigenvalue weighted by Gasteiger charge is 2.35. The molecule has 1 N–H and O–H groups in total. The molecule has 1 aliphatic carbocycles. The first kappa shape index (κ1) is 15.5. The Morgan fingerprint density at radius 1 is 1.19 bits per heavy atom. The zero-order chi connectivity index (χ0) is 14.5. The fourth-order valence-electron chi connectivity index (χ4n) is 4.13. The van der Waals surface area contributed by atoms with Crippen LogP contribution < -0.4 is 5.32 Å². The SMILES string of the molecule is CC(NCCN1CCC2(CCCCC2)CC1)c1cccs1. The Hall–Kier alpha value is -0.380. The van der Waals surface area contributed by atoms with E-state index in [0.717, 1.165) is 12.0 Å². The van der Waals surface area contributed by atoms with E-state index in [4.69, 9.17) is 0 Å². The van der Waals surface area contributed by atoms with Gasteiger partial charge in [0.2, 0.25) is 0 Å². The first-order chi connectivity index (χ1) is 10.3. The first-order valence-electron chi connectivity index (χ1n) is 8.77. The fourth-order valence-corrected chi connectivity index (χ4v) is 4.89. The van der Waals surface area contributed by atoms with E-state index in [-0.39, 0.29) is 0 Å². The molecule has 0 radical (unpaired) electrons. The van der Waals surface area contributed by atoms with Crippen molar-refractivity contribution in [2.75, 3.05) is 26.2 Å². The zero-order valence-electron chi connectivity index (χ0n) is 13.4. The molecule has 2 heterocycles. The molecular formula is C18H30N2S. The molecule has 1 saturated heterocycles. The van der Waals surface area contributed by atoms with Gasteiger partial charge in [0, 0.05) is 24.0 Å². The van der Waals surface area contributed by atoms with Crippen LogP contribution in [0, 0.1) is 5.41 Å². The van der Waals surface area contributed by atoms with Crippen LogP contribution in [0.25, 0.3) is 0 Å². The summed E-state index contributed by atoms with van der Waals surface area (Å²) < 4.78 is 0. The molecule has 0 bridgehead atoms. The number of hydrogen-bond acceptors (Lipinski definition) is 3. The highest BCUT2D eigenvalue weighted by atomic mass is 32.1. The second-order valence-electron chi connectivity index (χ2n) is 7.09. The molecule has 1 atom stereocenters. The lowest BCUT2D eigenvalue weighted by atomic mass is 9.68. The third-order valence-electron chi connectivity index (χ3n) is 5.68. The molecule has 3 heteroatoms. The maximum absolute atomic E-state index is 3.67. The molecule has 1 aromatic rings. The van der Waals surface area contributed by atoms with Crippen LogP contribution in [0.3, 0.4) is 0 Å². The Balaban J connectivity index is 1.36. The van der Waals surface area contributed by atoms with Crippen molar-refractivity contribution in [3.8, 4) is 0 Å². The number of nitrogens with zero attached hydrogens (tertiary/aromatic N) is 1. The van der Waals surface area contributed by atoms with Gasteiger partial charge in [-0.3, -0.25) is 0 Å². The van der Waals surface area contributed by atoms with Crippen LogP contribution in [-0.4, -0.2) is 31.1 Å². The van der Waals surface area contributed by atoms with Crippen molar-refractivity contribution in [2.24, 2.45) is 5.41 Å². The lowest BCUT2D eigenvalue weighted by molar-refractivity contribution is 0.0680. The molecule has 0 amide bonds. The Bertz CT molecular complexity index is 399. The van der Waals surface area contributed by atoms with E-state index in [1.807, 2.05) is 11.3 Å². The van der Waals surface area contributed by atoms with E-state index in [1.165, 1.54) is 69.5 Å². The number of thiophene rings is 1. The molecule has 0 aromatic carbocycles. The molecular weight excluding hydrogens is 276 g/mol. The summed E-state index contributed by atoms with van der Waals surface area (Å²) in [4.78, 5) is 4.13. The molecule has 1 spiro atoms. The Kier molecular flexibility index (Phi) is 5.36. The van der Waals surface area contributed by atoms with Crippen LogP contribution in [0.5, 0.6) is 0 Å². The van der Waals surface area contributed by atoms with Crippen LogP contribution >= 0.6 is 11.3 Å². The number of hydrogen-bond donors (Lipinski definition) is 1. The monoisotopic (exact) mass is 306 g/mol. The van der Waals surface area contributed by atoms with Crippen molar-refractivity contribution in [1.82, 2.24) is 10.2 Å². The van der Waals surface area contributed by atoms with Crippen LogP contribution in [0.1, 0.15) is 62.8 Å². The number of likely N-dealkylation sites (tertiary alicyclic amines) is 1. The molecule has 1 saturated carbocycles. The molecule has 1 unspecified atom stereocenters. The van der Waals surface area contributed by atoms with Gasteiger partial charge in [0.15, 0.2) is 0 Å². The van der Waals surface area contributed by atoms with Crippen LogP contribution in [-0.2, 0) is 0 Å². The number of nitrogens with one attached hydrogen (secondary N) is 1. The van der Waals surface area contributed by atoms with Gasteiger partial charge in [-0.25, -0.2) is 0 Å². The van der Waals surface area contributed by atoms with Gasteiger partial charge < -0.3 is 10.2 Å². The van der Waals surface area contributed by atoms with E-state index >= 15 is 0 Å². The molecule has 2 aliphatic rings. The summed E-state index contributed by atoms with van der Waals surface area (Å²) in [5.41, 5.74) is 0.742. The average Bonchev–Trinajstić information content (AvgIpc) is 3.05. The van der Waals surface area contributed by atoms with Crippen LogP contribution in [0.4, 0.5) is 0 Å². The second kappa shape index (κ2) is 7.26. The van der Waals surface area contributed by atoms with Gasteiger partial charge in [0.25, 0.3) is 0 Å². The van der Waals surface area contributed by atoms with Gasteiger partial charge in [-0.05, 0) is 62.6 Å². The lowest BCUT2D eigenvalue weighted by Crippen LogP contribution is -2.43. The normalized spacial score (nSPS) is 24.2. The largest absolute Gasteiger partial charge is 0.308 e. The van der Waals surface area contributed by atoms with Gasteiger partial charge in [0.1, 0.15) is 0 Å². The molecule has 21 heavy (non-hydrogen) atoms. The van der Waals surface area contributed by atoms with Gasteiger partial charge in [0.05, 0.1) is 0 Å². The van der Waals surface area contributed by atoms with Gasteiger partial charge >= 0.3 is 0 Å². The van der Waals surface area contributed by atoms with E-state index in [1.54, 1.807) is 0 Å². The summed E-state index contributed by atoms with van der Waals surface area (Å²) in [6.45, 7) is 7.26. The van der Waals surface area contributed by atoms with Crippen molar-refractivity contribution in [1.29, 1.82) is 0 Å². The van der Waals surface area contributed by atoms with E-state index < -0.39 is 0 Å². The van der Waals surface area contributed by atoms with Crippen molar-refractivity contribution in [3.05, 3.63) is 22.4 Å². The summed E-state index contributed by atoms with van der Waals surface area (Å²) in [5, 5.41) is 5.84. The highest BCUT2D eigenvalue weighted by molar-refractivity contribution is 7.10. The highest BCUT2D eigenvalue weighted by Crippen LogP contribution is 2.44. The molecule has 1 aliphatic heterocycles. The Morgan fingerprint density at radius 2 is 1.95 bits per heavy atom. The van der Waals surface area contributed by atoms with Crippen molar-refractivity contribution < 1.29 is 0 Å². The van der Waals surface area contributed by atoms with Crippen LogP contribution in [0.2, 0.25) is 0 Å². The summed E-state index contributed by atoms with van der Waals surface area (Å²) in [7, 11) is 0. The van der Waals surface area contributed by atoms with Crippen LogP contribution in [0.15, 0.2) is 17.5 Å². The minimum atomic E-state index is 0.500. The van der Waals surface area contributed by atoms with E-state index in [2.05, 4.69) is 34.7 Å². The minimum Gasteiger partial charge on any atom is -0.308 e. The number of rotatable bonds is 5. The average molecular weight is 307 g/mol. The van der Waals surface area contributed by atoms with Crippen molar-refractivity contribution >= 4 is 11.3 Å². The molecule has 1 aromatic heterocycles. The molecule has 3 rings (SSSR count). The summed E-state index contributed by atoms with van der Waals surface area (Å²) >= 11 is 1.86. The minimum absolute atomic E-state index is 0.500. The quantitative estimate of drug-likeness (QED) is 0.865. The van der Waals surface area contributed by atoms with Gasteiger partial charge in [-0.15, -0.1) is 11.3 Å². The number of piperidine rings is 1. The predicted molar refractivity (Wildman–Crippen MR) is 91.9 cm³/mol. The van der Waals surface area contributed by atoms with Crippen molar-refractivity contribution in [2.45, 2.75) is 57.9 Å². The first-order valence-corrected chi connectivity index (χ1v) is 9.65. The summed E-state index contributed by atoms with van der Waals surface area (Å²) in [6.07, 6.45) is 10.4. The summed E-state index contributed by atoms with van der Waals surface area (Å²) in [6, 6.07) is 4.88. The molecule has 2 nitrogen and oxygen atoms in total. The van der Waals surface area contributed by atoms with Gasteiger partial charge in [-0.1, -0.05) is 25.3 Å². The zero-order valence-corrected chi connectivity index (χ0v) is 14.3. The Morgan fingerprint density at radius 3 is 2.62 bits per heavy atom. The Labute approximate surface area is 133 Å². The third kappa shape index (κ3) is 4.08. The lowest BCUT2D eigenvalue weighted by Gasteiger charge is -2.44. The third-order valence-corrected chi connectivity index (χ3v) is 6.73. The fraction of sp³-hybridized carbons (Fsp3) is 0.778.